The Balaban J connectivity index is 1.73. The number of hydrogen-bond acceptors (Lipinski definition) is 3. The van der Waals surface area contributed by atoms with E-state index in [1.54, 1.807) is 11.3 Å². The van der Waals surface area contributed by atoms with E-state index in [-0.39, 0.29) is 5.91 Å². The van der Waals surface area contributed by atoms with Gasteiger partial charge in [-0.05, 0) is 40.8 Å². The average Bonchev–Trinajstić information content (AvgIpc) is 2.96. The summed E-state index contributed by atoms with van der Waals surface area (Å²) in [5, 5.41) is 6.88. The van der Waals surface area contributed by atoms with Crippen molar-refractivity contribution in [3.8, 4) is 0 Å². The van der Waals surface area contributed by atoms with Gasteiger partial charge in [-0.3, -0.25) is 4.79 Å². The number of rotatable bonds is 6. The van der Waals surface area contributed by atoms with Crippen LogP contribution >= 0.6 is 11.3 Å². The summed E-state index contributed by atoms with van der Waals surface area (Å²) in [7, 11) is 0. The summed E-state index contributed by atoms with van der Waals surface area (Å²) in [6, 6.07) is 11.6. The van der Waals surface area contributed by atoms with Crippen LogP contribution in [0.3, 0.4) is 0 Å². The number of nitrogens with two attached hydrogens (primary N) is 1. The summed E-state index contributed by atoms with van der Waals surface area (Å²) in [6.07, 6.45) is 1.49. The Bertz CT molecular complexity index is 496. The van der Waals surface area contributed by atoms with Crippen molar-refractivity contribution >= 4 is 17.2 Å². The smallest absolute Gasteiger partial charge is 0.237 e. The Morgan fingerprint density at radius 1 is 1.21 bits per heavy atom. The third kappa shape index (κ3) is 4.50. The Hall–Kier alpha value is -1.65. The monoisotopic (exact) mass is 274 g/mol. The van der Waals surface area contributed by atoms with Crippen molar-refractivity contribution in [3.05, 3.63) is 58.3 Å². The topological polar surface area (TPSA) is 55.1 Å². The number of amides is 1. The Kier molecular flexibility index (Phi) is 5.12. The zero-order chi connectivity index (χ0) is 13.5. The van der Waals surface area contributed by atoms with Crippen LogP contribution in [-0.4, -0.2) is 11.9 Å². The minimum Gasteiger partial charge on any atom is -0.351 e. The molecule has 3 nitrogen and oxygen atoms in total. The molecule has 1 aromatic heterocycles. The van der Waals surface area contributed by atoms with Crippen LogP contribution in [0.4, 0.5) is 0 Å². The predicted octanol–water partition coefficient (Wildman–Crippen LogP) is 2.32. The van der Waals surface area contributed by atoms with Gasteiger partial charge in [0.05, 0.1) is 6.04 Å². The molecule has 2 rings (SSSR count). The highest BCUT2D eigenvalue weighted by molar-refractivity contribution is 7.07. The van der Waals surface area contributed by atoms with E-state index < -0.39 is 6.04 Å². The average molecular weight is 274 g/mol. The number of hydrogen-bond donors (Lipinski definition) is 2. The quantitative estimate of drug-likeness (QED) is 0.849. The molecule has 2 aromatic rings. The number of nitrogens with one attached hydrogen (secondary N) is 1. The fourth-order valence-corrected chi connectivity index (χ4v) is 2.48. The molecule has 0 saturated carbocycles. The minimum absolute atomic E-state index is 0.0814. The van der Waals surface area contributed by atoms with Gasteiger partial charge in [0.2, 0.25) is 5.91 Å². The molecular weight excluding hydrogens is 256 g/mol. The van der Waals surface area contributed by atoms with Crippen LogP contribution in [0.25, 0.3) is 0 Å². The van der Waals surface area contributed by atoms with Gasteiger partial charge >= 0.3 is 0 Å². The fourth-order valence-electron chi connectivity index (χ4n) is 1.81. The molecule has 1 atom stereocenters. The molecule has 0 bridgehead atoms. The van der Waals surface area contributed by atoms with E-state index in [4.69, 9.17) is 5.73 Å². The summed E-state index contributed by atoms with van der Waals surface area (Å²) in [5.41, 5.74) is 8.23. The number of thiophene rings is 1. The van der Waals surface area contributed by atoms with Crippen molar-refractivity contribution in [2.75, 3.05) is 0 Å². The number of carbonyl (C=O) groups excluding carboxylic acids is 1. The molecular formula is C15H18N2OS. The third-order valence-corrected chi connectivity index (χ3v) is 3.70. The lowest BCUT2D eigenvalue weighted by Crippen LogP contribution is -2.40. The van der Waals surface area contributed by atoms with E-state index in [1.165, 1.54) is 5.56 Å². The molecule has 3 N–H and O–H groups in total. The summed E-state index contributed by atoms with van der Waals surface area (Å²) >= 11 is 1.62. The Morgan fingerprint density at radius 3 is 2.68 bits per heavy atom. The molecule has 19 heavy (non-hydrogen) atoms. The second-order valence-corrected chi connectivity index (χ2v) is 5.26. The van der Waals surface area contributed by atoms with E-state index in [1.807, 2.05) is 35.0 Å². The number of carbonyl (C=O) groups is 1. The van der Waals surface area contributed by atoms with Crippen LogP contribution in [0, 0.1) is 0 Å². The predicted molar refractivity (Wildman–Crippen MR) is 78.9 cm³/mol. The molecule has 1 heterocycles. The van der Waals surface area contributed by atoms with Crippen molar-refractivity contribution < 1.29 is 4.79 Å². The summed E-state index contributed by atoms with van der Waals surface area (Å²) < 4.78 is 0. The van der Waals surface area contributed by atoms with Crippen LogP contribution < -0.4 is 11.1 Å². The van der Waals surface area contributed by atoms with Crippen molar-refractivity contribution in [1.29, 1.82) is 0 Å². The van der Waals surface area contributed by atoms with E-state index >= 15 is 0 Å². The molecule has 100 valence electrons. The lowest BCUT2D eigenvalue weighted by molar-refractivity contribution is -0.122. The lowest BCUT2D eigenvalue weighted by Gasteiger charge is -2.11. The minimum atomic E-state index is -0.446. The van der Waals surface area contributed by atoms with Crippen LogP contribution in [0.1, 0.15) is 17.5 Å². The molecule has 1 aromatic carbocycles. The molecule has 0 aliphatic heterocycles. The second-order valence-electron chi connectivity index (χ2n) is 4.48. The molecule has 1 amide bonds. The first-order valence-corrected chi connectivity index (χ1v) is 7.28. The largest absolute Gasteiger partial charge is 0.351 e. The molecule has 0 unspecified atom stereocenters. The van der Waals surface area contributed by atoms with Crippen molar-refractivity contribution in [3.63, 3.8) is 0 Å². The SMILES string of the molecule is N[C@@H](CCc1ccccc1)C(=O)NCc1ccsc1. The molecule has 0 saturated heterocycles. The molecule has 0 aliphatic rings. The van der Waals surface area contributed by atoms with Crippen LogP contribution in [-0.2, 0) is 17.8 Å². The van der Waals surface area contributed by atoms with Crippen LogP contribution in [0.15, 0.2) is 47.2 Å². The normalized spacial score (nSPS) is 12.1. The van der Waals surface area contributed by atoms with E-state index in [9.17, 15) is 4.79 Å². The molecule has 0 radical (unpaired) electrons. The first-order chi connectivity index (χ1) is 9.25. The summed E-state index contributed by atoms with van der Waals surface area (Å²) in [6.45, 7) is 0.557. The van der Waals surface area contributed by atoms with Gasteiger partial charge in [0.25, 0.3) is 0 Å². The highest BCUT2D eigenvalue weighted by atomic mass is 32.1. The Morgan fingerprint density at radius 2 is 2.00 bits per heavy atom. The lowest BCUT2D eigenvalue weighted by atomic mass is 10.1. The maximum absolute atomic E-state index is 11.8. The summed E-state index contributed by atoms with van der Waals surface area (Å²) in [4.78, 5) is 11.8. The van der Waals surface area contributed by atoms with Crippen LogP contribution in [0.5, 0.6) is 0 Å². The maximum atomic E-state index is 11.8. The number of aryl methyl sites for hydroxylation is 1. The van der Waals surface area contributed by atoms with Gasteiger partial charge in [0.15, 0.2) is 0 Å². The van der Waals surface area contributed by atoms with E-state index in [0.29, 0.717) is 13.0 Å². The summed E-state index contributed by atoms with van der Waals surface area (Å²) in [5.74, 6) is -0.0814. The van der Waals surface area contributed by atoms with Gasteiger partial charge < -0.3 is 11.1 Å². The van der Waals surface area contributed by atoms with Crippen LogP contribution in [0.2, 0.25) is 0 Å². The van der Waals surface area contributed by atoms with Gasteiger partial charge in [0.1, 0.15) is 0 Å². The molecule has 0 spiro atoms. The molecule has 0 aliphatic carbocycles. The van der Waals surface area contributed by atoms with Gasteiger partial charge in [0, 0.05) is 6.54 Å². The van der Waals surface area contributed by atoms with E-state index in [0.717, 1.165) is 12.0 Å². The highest BCUT2D eigenvalue weighted by Crippen LogP contribution is 2.06. The first kappa shape index (κ1) is 13.8. The highest BCUT2D eigenvalue weighted by Gasteiger charge is 2.12. The van der Waals surface area contributed by atoms with Gasteiger partial charge in [-0.25, -0.2) is 0 Å². The zero-order valence-corrected chi connectivity index (χ0v) is 11.5. The Labute approximate surface area is 117 Å². The molecule has 4 heteroatoms. The number of benzene rings is 1. The molecule has 0 fully saturated rings. The van der Waals surface area contributed by atoms with Crippen molar-refractivity contribution in [1.82, 2.24) is 5.32 Å². The zero-order valence-electron chi connectivity index (χ0n) is 10.7. The van der Waals surface area contributed by atoms with E-state index in [2.05, 4.69) is 17.4 Å². The van der Waals surface area contributed by atoms with Gasteiger partial charge in [-0.15, -0.1) is 0 Å². The first-order valence-electron chi connectivity index (χ1n) is 6.34. The van der Waals surface area contributed by atoms with Gasteiger partial charge in [-0.1, -0.05) is 30.3 Å². The standard InChI is InChI=1S/C15H18N2OS/c16-14(7-6-12-4-2-1-3-5-12)15(18)17-10-13-8-9-19-11-13/h1-5,8-9,11,14H,6-7,10,16H2,(H,17,18)/t14-/m0/s1. The third-order valence-electron chi connectivity index (χ3n) is 2.97. The van der Waals surface area contributed by atoms with Crippen molar-refractivity contribution in [2.24, 2.45) is 5.73 Å². The second kappa shape index (κ2) is 7.07. The van der Waals surface area contributed by atoms with Crippen molar-refractivity contribution in [2.45, 2.75) is 25.4 Å². The fraction of sp³-hybridized carbons (Fsp3) is 0.267. The van der Waals surface area contributed by atoms with Gasteiger partial charge in [-0.2, -0.15) is 11.3 Å². The maximum Gasteiger partial charge on any atom is 0.237 e.